The lowest BCUT2D eigenvalue weighted by atomic mass is 10.0. The summed E-state index contributed by atoms with van der Waals surface area (Å²) in [5, 5.41) is 0. The van der Waals surface area contributed by atoms with Crippen LogP contribution in [0, 0.1) is 0 Å². The standard InChI is InChI=1S/C26H54O3P/c1-5-9-13-17-21-25(22-18-14-10-6-2)28-30(27)29-26(23-19-15-11-7-3)24-20-16-12-8-4/h25-26H,5-24H2,1-4H3/q+1. The molecule has 0 saturated heterocycles. The van der Waals surface area contributed by atoms with Gasteiger partial charge in [0.15, 0.2) is 0 Å². The van der Waals surface area contributed by atoms with E-state index >= 15 is 0 Å². The van der Waals surface area contributed by atoms with Crippen LogP contribution in [0.2, 0.25) is 0 Å². The second-order valence-corrected chi connectivity index (χ2v) is 9.94. The zero-order chi connectivity index (χ0) is 22.3. The van der Waals surface area contributed by atoms with E-state index in [0.717, 1.165) is 25.7 Å². The molecular weight excluding hydrogens is 391 g/mol. The molecule has 0 radical (unpaired) electrons. The summed E-state index contributed by atoms with van der Waals surface area (Å²) in [7, 11) is -2.01. The first kappa shape index (κ1) is 30.0. The molecule has 0 fully saturated rings. The second kappa shape index (κ2) is 23.7. The van der Waals surface area contributed by atoms with Crippen LogP contribution in [0.5, 0.6) is 0 Å². The minimum atomic E-state index is -2.01. The van der Waals surface area contributed by atoms with Crippen molar-refractivity contribution in [1.82, 2.24) is 0 Å². The molecule has 30 heavy (non-hydrogen) atoms. The highest BCUT2D eigenvalue weighted by Gasteiger charge is 2.31. The predicted molar refractivity (Wildman–Crippen MR) is 132 cm³/mol. The molecule has 0 spiro atoms. The van der Waals surface area contributed by atoms with Crippen molar-refractivity contribution < 1.29 is 13.6 Å². The first-order chi connectivity index (χ1) is 14.7. The van der Waals surface area contributed by atoms with E-state index in [1.807, 2.05) is 0 Å². The van der Waals surface area contributed by atoms with Gasteiger partial charge in [-0.1, -0.05) is 130 Å². The van der Waals surface area contributed by atoms with Gasteiger partial charge in [0.2, 0.25) is 0 Å². The lowest BCUT2D eigenvalue weighted by molar-refractivity contribution is 0.106. The number of unbranched alkanes of at least 4 members (excludes halogenated alkanes) is 12. The molecule has 0 rings (SSSR count). The van der Waals surface area contributed by atoms with Crippen LogP contribution in [-0.4, -0.2) is 12.2 Å². The smallest absolute Gasteiger partial charge is 0.116 e. The summed E-state index contributed by atoms with van der Waals surface area (Å²) in [5.74, 6) is 0. The summed E-state index contributed by atoms with van der Waals surface area (Å²) in [6, 6.07) is 0. The summed E-state index contributed by atoms with van der Waals surface area (Å²) in [4.78, 5) is 0. The molecule has 3 nitrogen and oxygen atoms in total. The van der Waals surface area contributed by atoms with Gasteiger partial charge in [0.05, 0.1) is 0 Å². The molecule has 0 heterocycles. The van der Waals surface area contributed by atoms with Crippen molar-refractivity contribution in [3.05, 3.63) is 0 Å². The van der Waals surface area contributed by atoms with E-state index in [4.69, 9.17) is 9.05 Å². The summed E-state index contributed by atoms with van der Waals surface area (Å²) >= 11 is 0. The van der Waals surface area contributed by atoms with Crippen molar-refractivity contribution in [2.45, 2.75) is 168 Å². The van der Waals surface area contributed by atoms with Crippen molar-refractivity contribution in [1.29, 1.82) is 0 Å². The maximum absolute atomic E-state index is 12.7. The molecule has 0 atom stereocenters. The van der Waals surface area contributed by atoms with Crippen molar-refractivity contribution >= 4 is 8.25 Å². The van der Waals surface area contributed by atoms with Gasteiger partial charge in [-0.15, -0.1) is 9.05 Å². The topological polar surface area (TPSA) is 35.5 Å². The lowest BCUT2D eigenvalue weighted by Gasteiger charge is -2.13. The maximum Gasteiger partial charge on any atom is 0.697 e. The van der Waals surface area contributed by atoms with Crippen LogP contribution >= 0.6 is 8.25 Å². The highest BCUT2D eigenvalue weighted by atomic mass is 31.1. The molecule has 0 aliphatic carbocycles. The number of hydrogen-bond acceptors (Lipinski definition) is 3. The van der Waals surface area contributed by atoms with E-state index in [-0.39, 0.29) is 12.2 Å². The molecule has 0 aliphatic heterocycles. The number of rotatable bonds is 24. The van der Waals surface area contributed by atoms with E-state index < -0.39 is 8.25 Å². The Hall–Kier alpha value is 0.0200. The summed E-state index contributed by atoms with van der Waals surface area (Å²) in [5.41, 5.74) is 0. The molecule has 0 amide bonds. The molecule has 0 aromatic rings. The third-order valence-electron chi connectivity index (χ3n) is 5.99. The second-order valence-electron chi connectivity index (χ2n) is 9.08. The van der Waals surface area contributed by atoms with Crippen LogP contribution < -0.4 is 0 Å². The van der Waals surface area contributed by atoms with Gasteiger partial charge in [-0.25, -0.2) is 0 Å². The first-order valence-corrected chi connectivity index (χ1v) is 14.6. The molecule has 0 N–H and O–H groups in total. The molecule has 0 saturated carbocycles. The molecule has 0 unspecified atom stereocenters. The van der Waals surface area contributed by atoms with E-state index in [9.17, 15) is 4.57 Å². The highest BCUT2D eigenvalue weighted by Crippen LogP contribution is 2.34. The molecule has 0 aromatic carbocycles. The summed E-state index contributed by atoms with van der Waals surface area (Å²) < 4.78 is 24.7. The third-order valence-corrected chi connectivity index (χ3v) is 6.93. The Morgan fingerprint density at radius 1 is 0.467 bits per heavy atom. The average molecular weight is 446 g/mol. The van der Waals surface area contributed by atoms with Crippen molar-refractivity contribution in [2.24, 2.45) is 0 Å². The average Bonchev–Trinajstić information content (AvgIpc) is 2.74. The monoisotopic (exact) mass is 445 g/mol. The fourth-order valence-corrected chi connectivity index (χ4v) is 4.92. The summed E-state index contributed by atoms with van der Waals surface area (Å²) in [6.45, 7) is 8.96. The zero-order valence-electron chi connectivity index (χ0n) is 21.0. The Morgan fingerprint density at radius 3 is 0.967 bits per heavy atom. The van der Waals surface area contributed by atoms with E-state index in [2.05, 4.69) is 27.7 Å². The Kier molecular flexibility index (Phi) is 23.7. The SMILES string of the molecule is CCCCCCC(CCCCCC)O[P+](=O)OC(CCCCCC)CCCCCC. The Labute approximate surface area is 190 Å². The minimum absolute atomic E-state index is 0.100. The molecule has 180 valence electrons. The van der Waals surface area contributed by atoms with Crippen molar-refractivity contribution in [2.75, 3.05) is 0 Å². The van der Waals surface area contributed by atoms with Gasteiger partial charge < -0.3 is 0 Å². The third kappa shape index (κ3) is 20.0. The van der Waals surface area contributed by atoms with Gasteiger partial charge >= 0.3 is 8.25 Å². The maximum atomic E-state index is 12.7. The Bertz CT molecular complexity index is 306. The summed E-state index contributed by atoms with van der Waals surface area (Å²) in [6.07, 6.45) is 24.1. The van der Waals surface area contributed by atoms with Gasteiger partial charge in [0.1, 0.15) is 12.2 Å². The van der Waals surface area contributed by atoms with Gasteiger partial charge in [0.25, 0.3) is 0 Å². The quantitative estimate of drug-likeness (QED) is 0.109. The van der Waals surface area contributed by atoms with Gasteiger partial charge in [0, 0.05) is 4.57 Å². The van der Waals surface area contributed by atoms with Crippen LogP contribution in [0.15, 0.2) is 0 Å². The van der Waals surface area contributed by atoms with Crippen molar-refractivity contribution in [3.63, 3.8) is 0 Å². The fourth-order valence-electron chi connectivity index (χ4n) is 3.96. The van der Waals surface area contributed by atoms with Gasteiger partial charge in [-0.3, -0.25) is 0 Å². The Morgan fingerprint density at radius 2 is 0.733 bits per heavy atom. The van der Waals surface area contributed by atoms with Crippen LogP contribution in [0.4, 0.5) is 0 Å². The molecular formula is C26H54O3P+. The minimum Gasteiger partial charge on any atom is -0.116 e. The van der Waals surface area contributed by atoms with Gasteiger partial charge in [-0.2, -0.15) is 0 Å². The van der Waals surface area contributed by atoms with Crippen LogP contribution in [0.1, 0.15) is 156 Å². The Balaban J connectivity index is 4.50. The van der Waals surface area contributed by atoms with E-state index in [1.54, 1.807) is 0 Å². The number of hydrogen-bond donors (Lipinski definition) is 0. The fraction of sp³-hybridized carbons (Fsp3) is 1.00. The zero-order valence-corrected chi connectivity index (χ0v) is 21.9. The predicted octanol–water partition coefficient (Wildman–Crippen LogP) is 10.3. The first-order valence-electron chi connectivity index (χ1n) is 13.5. The van der Waals surface area contributed by atoms with Crippen LogP contribution in [0.25, 0.3) is 0 Å². The van der Waals surface area contributed by atoms with Crippen molar-refractivity contribution in [3.8, 4) is 0 Å². The molecule has 0 aromatic heterocycles. The molecule has 4 heteroatoms. The van der Waals surface area contributed by atoms with Crippen LogP contribution in [0.3, 0.4) is 0 Å². The normalized spacial score (nSPS) is 11.7. The van der Waals surface area contributed by atoms with E-state index in [0.29, 0.717) is 0 Å². The van der Waals surface area contributed by atoms with Crippen LogP contribution in [-0.2, 0) is 13.6 Å². The van der Waals surface area contributed by atoms with E-state index in [1.165, 1.54) is 103 Å². The highest BCUT2D eigenvalue weighted by molar-refractivity contribution is 7.33. The lowest BCUT2D eigenvalue weighted by Crippen LogP contribution is -2.13. The van der Waals surface area contributed by atoms with Gasteiger partial charge in [-0.05, 0) is 25.7 Å². The largest absolute Gasteiger partial charge is 0.697 e. The molecule has 0 bridgehead atoms. The molecule has 0 aliphatic rings.